The van der Waals surface area contributed by atoms with Crippen molar-refractivity contribution in [1.82, 2.24) is 5.32 Å². The third-order valence-electron chi connectivity index (χ3n) is 3.31. The normalized spacial score (nSPS) is 11.3. The second kappa shape index (κ2) is 8.01. The van der Waals surface area contributed by atoms with Crippen LogP contribution in [0.5, 0.6) is 17.2 Å². The molecule has 0 aliphatic heterocycles. The summed E-state index contributed by atoms with van der Waals surface area (Å²) in [6, 6.07) is 13.1. The summed E-state index contributed by atoms with van der Waals surface area (Å²) in [5.74, 6) is 1.14. The highest BCUT2D eigenvalue weighted by Gasteiger charge is 2.16. The Morgan fingerprint density at radius 3 is 1.88 bits per heavy atom. The van der Waals surface area contributed by atoms with Crippen LogP contribution in [0.1, 0.15) is 17.3 Å². The van der Waals surface area contributed by atoms with Gasteiger partial charge in [-0.15, -0.1) is 0 Å². The van der Waals surface area contributed by atoms with Crippen LogP contribution in [0.2, 0.25) is 0 Å². The van der Waals surface area contributed by atoms with Crippen molar-refractivity contribution >= 4 is 11.9 Å². The van der Waals surface area contributed by atoms with Crippen LogP contribution in [0.15, 0.2) is 48.5 Å². The zero-order valence-electron chi connectivity index (χ0n) is 13.7. The van der Waals surface area contributed by atoms with Crippen molar-refractivity contribution < 1.29 is 23.8 Å². The van der Waals surface area contributed by atoms with Gasteiger partial charge in [0, 0.05) is 5.56 Å². The van der Waals surface area contributed by atoms with Gasteiger partial charge >= 0.3 is 5.97 Å². The molecule has 24 heavy (non-hydrogen) atoms. The van der Waals surface area contributed by atoms with Gasteiger partial charge in [0.2, 0.25) is 0 Å². The van der Waals surface area contributed by atoms with Crippen LogP contribution in [0.25, 0.3) is 0 Å². The number of ether oxygens (including phenoxy) is 3. The third kappa shape index (κ3) is 4.49. The Morgan fingerprint density at radius 1 is 0.875 bits per heavy atom. The standard InChI is InChI=1S/C18H19NO5/c1-12(18(21)23-3)19-17(20)13-4-6-15(7-5-13)24-16-10-8-14(22-2)9-11-16/h4-12H,1-3H3,(H,19,20). The second-order valence-electron chi connectivity index (χ2n) is 5.02. The van der Waals surface area contributed by atoms with Crippen molar-refractivity contribution in [2.75, 3.05) is 14.2 Å². The van der Waals surface area contributed by atoms with Crippen molar-refractivity contribution in [3.05, 3.63) is 54.1 Å². The number of carbonyl (C=O) groups excluding carboxylic acids is 2. The number of esters is 1. The van der Waals surface area contributed by atoms with Gasteiger partial charge in [-0.25, -0.2) is 4.79 Å². The third-order valence-corrected chi connectivity index (χ3v) is 3.31. The summed E-state index contributed by atoms with van der Waals surface area (Å²) in [6.07, 6.45) is 0. The lowest BCUT2D eigenvalue weighted by Crippen LogP contribution is -2.39. The van der Waals surface area contributed by atoms with E-state index < -0.39 is 12.0 Å². The first-order chi connectivity index (χ1) is 11.5. The van der Waals surface area contributed by atoms with Gasteiger partial charge in [-0.1, -0.05) is 0 Å². The number of benzene rings is 2. The molecule has 0 aliphatic carbocycles. The average Bonchev–Trinajstić information content (AvgIpc) is 2.62. The van der Waals surface area contributed by atoms with E-state index in [1.54, 1.807) is 62.6 Å². The SMILES string of the molecule is COC(=O)C(C)NC(=O)c1ccc(Oc2ccc(OC)cc2)cc1. The quantitative estimate of drug-likeness (QED) is 0.825. The van der Waals surface area contributed by atoms with Crippen molar-refractivity contribution in [2.45, 2.75) is 13.0 Å². The predicted octanol–water partition coefficient (Wildman–Crippen LogP) is 2.78. The molecule has 1 atom stereocenters. The summed E-state index contributed by atoms with van der Waals surface area (Å²) in [4.78, 5) is 23.4. The minimum Gasteiger partial charge on any atom is -0.497 e. The van der Waals surface area contributed by atoms with Gasteiger partial charge in [-0.05, 0) is 55.5 Å². The van der Waals surface area contributed by atoms with Gasteiger partial charge in [-0.2, -0.15) is 0 Å². The molecule has 6 nitrogen and oxygen atoms in total. The fourth-order valence-corrected chi connectivity index (χ4v) is 1.97. The number of hydrogen-bond donors (Lipinski definition) is 1. The Hall–Kier alpha value is -3.02. The van der Waals surface area contributed by atoms with E-state index in [0.29, 0.717) is 17.1 Å². The van der Waals surface area contributed by atoms with E-state index in [2.05, 4.69) is 10.1 Å². The highest BCUT2D eigenvalue weighted by atomic mass is 16.5. The lowest BCUT2D eigenvalue weighted by atomic mass is 10.2. The number of methoxy groups -OCH3 is 2. The first-order valence-corrected chi connectivity index (χ1v) is 7.34. The van der Waals surface area contributed by atoms with Crippen molar-refractivity contribution in [2.24, 2.45) is 0 Å². The van der Waals surface area contributed by atoms with E-state index >= 15 is 0 Å². The van der Waals surface area contributed by atoms with Crippen LogP contribution in [0.4, 0.5) is 0 Å². The molecule has 2 aromatic carbocycles. The van der Waals surface area contributed by atoms with Crippen molar-refractivity contribution in [1.29, 1.82) is 0 Å². The molecule has 0 heterocycles. The maximum absolute atomic E-state index is 12.0. The second-order valence-corrected chi connectivity index (χ2v) is 5.02. The van der Waals surface area contributed by atoms with Crippen LogP contribution < -0.4 is 14.8 Å². The number of rotatable bonds is 6. The molecule has 2 rings (SSSR count). The number of carbonyl (C=O) groups is 2. The molecule has 0 aromatic heterocycles. The zero-order chi connectivity index (χ0) is 17.5. The fourth-order valence-electron chi connectivity index (χ4n) is 1.97. The monoisotopic (exact) mass is 329 g/mol. The van der Waals surface area contributed by atoms with Crippen molar-refractivity contribution in [3.63, 3.8) is 0 Å². The molecule has 126 valence electrons. The van der Waals surface area contributed by atoms with Crippen LogP contribution in [0.3, 0.4) is 0 Å². The van der Waals surface area contributed by atoms with Crippen LogP contribution in [-0.4, -0.2) is 32.1 Å². The minimum atomic E-state index is -0.710. The first-order valence-electron chi connectivity index (χ1n) is 7.34. The number of hydrogen-bond acceptors (Lipinski definition) is 5. The highest BCUT2D eigenvalue weighted by molar-refractivity contribution is 5.96. The highest BCUT2D eigenvalue weighted by Crippen LogP contribution is 2.24. The summed E-state index contributed by atoms with van der Waals surface area (Å²) in [5.41, 5.74) is 0.424. The van der Waals surface area contributed by atoms with Gasteiger partial charge in [0.25, 0.3) is 5.91 Å². The summed E-state index contributed by atoms with van der Waals surface area (Å²) in [7, 11) is 2.87. The van der Waals surface area contributed by atoms with E-state index in [1.165, 1.54) is 7.11 Å². The summed E-state index contributed by atoms with van der Waals surface area (Å²) >= 11 is 0. The molecule has 6 heteroatoms. The van der Waals surface area contributed by atoms with E-state index in [9.17, 15) is 9.59 Å². The molecule has 1 N–H and O–H groups in total. The van der Waals surface area contributed by atoms with Gasteiger partial charge in [0.1, 0.15) is 23.3 Å². The molecule has 0 radical (unpaired) electrons. The zero-order valence-corrected chi connectivity index (χ0v) is 13.7. The summed E-state index contributed by atoms with van der Waals surface area (Å²) < 4.78 is 15.3. The minimum absolute atomic E-state index is 0.358. The molecule has 1 amide bonds. The molecule has 0 fully saturated rings. The largest absolute Gasteiger partial charge is 0.497 e. The lowest BCUT2D eigenvalue weighted by Gasteiger charge is -2.12. The first kappa shape index (κ1) is 17.3. The van der Waals surface area contributed by atoms with E-state index in [-0.39, 0.29) is 5.91 Å². The Morgan fingerprint density at radius 2 is 1.38 bits per heavy atom. The average molecular weight is 329 g/mol. The predicted molar refractivity (Wildman–Crippen MR) is 88.5 cm³/mol. The van der Waals surface area contributed by atoms with Crippen molar-refractivity contribution in [3.8, 4) is 17.2 Å². The van der Waals surface area contributed by atoms with Gasteiger partial charge in [0.15, 0.2) is 0 Å². The maximum atomic E-state index is 12.0. The van der Waals surface area contributed by atoms with Crippen LogP contribution >= 0.6 is 0 Å². The Labute approximate surface area is 140 Å². The molecule has 0 aliphatic rings. The molecular weight excluding hydrogens is 310 g/mol. The van der Waals surface area contributed by atoms with E-state index in [0.717, 1.165) is 5.75 Å². The van der Waals surface area contributed by atoms with Crippen LogP contribution in [0, 0.1) is 0 Å². The molecule has 0 bridgehead atoms. The number of amides is 1. The molecule has 1 unspecified atom stereocenters. The van der Waals surface area contributed by atoms with Gasteiger partial charge in [0.05, 0.1) is 14.2 Å². The Balaban J connectivity index is 1.99. The van der Waals surface area contributed by atoms with Gasteiger partial charge < -0.3 is 19.5 Å². The van der Waals surface area contributed by atoms with E-state index in [1.807, 2.05) is 0 Å². The smallest absolute Gasteiger partial charge is 0.328 e. The molecule has 2 aromatic rings. The van der Waals surface area contributed by atoms with Gasteiger partial charge in [-0.3, -0.25) is 4.79 Å². The lowest BCUT2D eigenvalue weighted by molar-refractivity contribution is -0.142. The Kier molecular flexibility index (Phi) is 5.78. The Bertz CT molecular complexity index is 694. The number of nitrogens with one attached hydrogen (secondary N) is 1. The molecule has 0 saturated carbocycles. The van der Waals surface area contributed by atoms with Crippen LogP contribution in [-0.2, 0) is 9.53 Å². The fraction of sp³-hybridized carbons (Fsp3) is 0.222. The van der Waals surface area contributed by atoms with E-state index in [4.69, 9.17) is 9.47 Å². The topological polar surface area (TPSA) is 73.9 Å². The maximum Gasteiger partial charge on any atom is 0.328 e. The molecular formula is C18H19NO5. The summed E-state index contributed by atoms with van der Waals surface area (Å²) in [6.45, 7) is 1.56. The molecule has 0 spiro atoms. The summed E-state index contributed by atoms with van der Waals surface area (Å²) in [5, 5.41) is 2.56. The molecule has 0 saturated heterocycles.